The molecule has 0 heterocycles. The lowest BCUT2D eigenvalue weighted by Crippen LogP contribution is -2.55. The van der Waals surface area contributed by atoms with Crippen LogP contribution in [0, 0.1) is 163 Å². The molecule has 1 N–H and O–H groups in total. The summed E-state index contributed by atoms with van der Waals surface area (Å²) in [4.78, 5) is 107. The number of hydrogen-bond acceptors (Lipinski definition) is 20. The van der Waals surface area contributed by atoms with Gasteiger partial charge in [0, 0.05) is 34.4 Å². The number of rotatable bonds is 25. The minimum absolute atomic E-state index is 1.55. The van der Waals surface area contributed by atoms with Crippen molar-refractivity contribution in [2.75, 3.05) is 13.2 Å². The number of azide groups is 7. The van der Waals surface area contributed by atoms with E-state index in [0.29, 0.717) is 0 Å². The molecular formula is C55H9F28N21O14. The Bertz CT molecular complexity index is 5410. The largest absolute Gasteiger partial charge is 0.477 e. The van der Waals surface area contributed by atoms with Gasteiger partial charge in [-0.2, -0.15) is 0 Å². The highest BCUT2D eigenvalue weighted by Gasteiger charge is 2.50. The third-order valence-electron chi connectivity index (χ3n) is 14.0. The van der Waals surface area contributed by atoms with Crippen molar-refractivity contribution in [2.24, 2.45) is 35.8 Å². The predicted molar refractivity (Wildman–Crippen MR) is 310 cm³/mol. The Kier molecular flexibility index (Phi) is 28.6. The van der Waals surface area contributed by atoms with Crippen LogP contribution in [0.5, 0.6) is 0 Å². The first-order chi connectivity index (χ1) is 55.3. The van der Waals surface area contributed by atoms with Crippen LogP contribution in [0.2, 0.25) is 0 Å². The van der Waals surface area contributed by atoms with Crippen LogP contribution in [0.25, 0.3) is 73.1 Å². The van der Waals surface area contributed by atoms with E-state index in [2.05, 4.69) is 64.2 Å². The quantitative estimate of drug-likeness (QED) is 0.0106. The van der Waals surface area contributed by atoms with Crippen LogP contribution in [0.4, 0.5) is 163 Å². The Morgan fingerprint density at radius 1 is 0.229 bits per heavy atom. The zero-order valence-electron chi connectivity index (χ0n) is 54.0. The van der Waals surface area contributed by atoms with Crippen LogP contribution in [0.15, 0.2) is 35.8 Å². The van der Waals surface area contributed by atoms with Gasteiger partial charge in [-0.15, -0.1) is 0 Å². The molecule has 0 fully saturated rings. The van der Waals surface area contributed by atoms with Crippen LogP contribution in [0.3, 0.4) is 0 Å². The molecule has 7 rings (SSSR count). The highest BCUT2D eigenvalue weighted by Crippen LogP contribution is 2.41. The normalized spacial score (nSPS) is 11.6. The van der Waals surface area contributed by atoms with Crippen molar-refractivity contribution >= 4 is 81.6 Å². The lowest BCUT2D eigenvalue weighted by atomic mass is 10.0. The van der Waals surface area contributed by atoms with E-state index in [1.54, 1.807) is 29.5 Å². The number of aromatic carboxylic acids is 1. The van der Waals surface area contributed by atoms with E-state index >= 15 is 105 Å². The summed E-state index contributed by atoms with van der Waals surface area (Å²) in [5, 5.41) is 23.8. The summed E-state index contributed by atoms with van der Waals surface area (Å²) in [6, 6.07) is 0. The molecule has 4 atom stereocenters. The topological polar surface area (TPSA) is 536 Å². The maximum Gasteiger partial charge on any atom is 0.344 e. The van der Waals surface area contributed by atoms with Gasteiger partial charge < -0.3 is 33.5 Å². The number of carbonyl (C=O) groups excluding carboxylic acids is 6. The van der Waals surface area contributed by atoms with Crippen LogP contribution < -0.4 is 0 Å². The van der Waals surface area contributed by atoms with Gasteiger partial charge in [-0.05, 0) is 38.7 Å². The molecule has 614 valence electrons. The Balaban J connectivity index is 0.00000120. The molecule has 7 aromatic carbocycles. The molecule has 0 saturated heterocycles. The molecule has 0 aliphatic rings. The van der Waals surface area contributed by atoms with Crippen molar-refractivity contribution in [3.8, 4) is 0 Å². The third-order valence-corrected chi connectivity index (χ3v) is 14.0. The maximum atomic E-state index is 16.0. The third kappa shape index (κ3) is 17.2. The number of nitrogens with zero attached hydrogens (tertiary/aromatic N) is 21. The fourth-order valence-corrected chi connectivity index (χ4v) is 8.85. The van der Waals surface area contributed by atoms with E-state index in [-0.39, 0.29) is 0 Å². The summed E-state index contributed by atoms with van der Waals surface area (Å²) < 4.78 is 452. The Morgan fingerprint density at radius 2 is 0.364 bits per heavy atom. The molecule has 0 amide bonds. The number of carbonyl (C=O) groups is 7. The van der Waals surface area contributed by atoms with Gasteiger partial charge in [-0.25, -0.2) is 156 Å². The predicted octanol–water partition coefficient (Wildman–Crippen LogP) is 19.5. The number of ether oxygens (including phenoxy) is 6. The minimum atomic E-state index is -4.78. The first-order valence-electron chi connectivity index (χ1n) is 28.1. The van der Waals surface area contributed by atoms with Crippen molar-refractivity contribution < 1.29 is 190 Å². The molecule has 0 bridgehead atoms. The summed E-state index contributed by atoms with van der Waals surface area (Å²) in [5.74, 6) is -107. The average Bonchev–Trinajstić information content (AvgIpc) is 0.876. The SMILES string of the molecule is [N-]=[N+]=Nc1c(F)c(F)c(C(=O)O)c(F)c1F.[N-]=[N+]=Nc1c(F)c(F)c(C(=O)OCC(OC(=O)c2c(F)c(F)c(N=[N+]=[N-])c(F)c2F)C(OC(=O)c2c(F)c(F)c(N=[N+]=[N-])c(F)c2F)C(OC(=O)c2c(F)c(F)c(N=[N+]=[N-])c(F)c2F)C(COC(=O)c2c(F)c(F)c(N=[N+]=[N-])c(F)c2F)OC(=O)c2c(F)c(F)c(N=[N+]=[N-])c(F)c2F)c(F)c1F. The number of hydrogen-bond donors (Lipinski definition) is 1. The monoisotopic (exact) mass is 1720 g/mol. The Hall–Kier alpha value is -16.0. The van der Waals surface area contributed by atoms with Gasteiger partial charge in [0.1, 0.15) is 92.0 Å². The Labute approximate surface area is 619 Å². The molecule has 63 heteroatoms. The smallest absolute Gasteiger partial charge is 0.344 e. The molecule has 4 unspecified atom stereocenters. The van der Waals surface area contributed by atoms with Gasteiger partial charge in [0.25, 0.3) is 0 Å². The van der Waals surface area contributed by atoms with Crippen LogP contribution in [-0.2, 0) is 28.4 Å². The minimum Gasteiger partial charge on any atom is -0.477 e. The Morgan fingerprint density at radius 3 is 0.508 bits per heavy atom. The van der Waals surface area contributed by atoms with Crippen molar-refractivity contribution in [2.45, 2.75) is 24.4 Å². The summed E-state index contributed by atoms with van der Waals surface area (Å²) in [6.45, 7) is -6.24. The van der Waals surface area contributed by atoms with Crippen molar-refractivity contribution in [3.63, 3.8) is 0 Å². The average molecular weight is 1720 g/mol. The van der Waals surface area contributed by atoms with Gasteiger partial charge >= 0.3 is 41.8 Å². The fourth-order valence-electron chi connectivity index (χ4n) is 8.85. The fraction of sp³-hybridized carbons (Fsp3) is 0.109. The van der Waals surface area contributed by atoms with E-state index in [4.69, 9.17) is 43.8 Å². The van der Waals surface area contributed by atoms with E-state index in [0.717, 1.165) is 0 Å². The zero-order valence-corrected chi connectivity index (χ0v) is 54.0. The van der Waals surface area contributed by atoms with Gasteiger partial charge in [0.15, 0.2) is 187 Å². The second kappa shape index (κ2) is 37.1. The van der Waals surface area contributed by atoms with Crippen LogP contribution in [0.1, 0.15) is 72.5 Å². The molecule has 118 heavy (non-hydrogen) atoms. The van der Waals surface area contributed by atoms with Crippen LogP contribution in [-0.4, -0.2) is 84.5 Å². The number of esters is 6. The number of benzene rings is 7. The molecule has 0 spiro atoms. The van der Waals surface area contributed by atoms with Crippen molar-refractivity contribution in [3.05, 3.63) is 275 Å². The highest BCUT2D eigenvalue weighted by molar-refractivity contribution is 5.95. The molecule has 7 aromatic rings. The van der Waals surface area contributed by atoms with Gasteiger partial charge in [-0.1, -0.05) is 35.8 Å². The van der Waals surface area contributed by atoms with Crippen LogP contribution >= 0.6 is 0 Å². The molecule has 0 aliphatic heterocycles. The molecule has 0 saturated carbocycles. The molecule has 35 nitrogen and oxygen atoms in total. The van der Waals surface area contributed by atoms with Crippen molar-refractivity contribution in [1.29, 1.82) is 0 Å². The van der Waals surface area contributed by atoms with E-state index in [1.165, 1.54) is 0 Å². The summed E-state index contributed by atoms with van der Waals surface area (Å²) in [7, 11) is 0. The standard InChI is InChI=1S/C48H8F24N18O12.C7HF4N3O2/c49-11-5(12(50)24(62)35(23(11)61)79-85-73)43(91)97-1-3(99-45(93)7-15(53)27(65)37(81-87-75)28(66)16(7)54)41(101-47(95)9-19(57)31(69)39(83-89-77)32(70)20(9)58)42(102-48(96)10-21(59)33(71)40(84-90-78)34(72)22(10)60)4(100-46(94)8-17(55)29(67)38(82-88-76)30(68)18(8)56)2-98-44(92)6-13(51)25(63)36(80-86-74)26(64)14(6)52;8-2-1(7(15)16)3(9)5(11)6(4(2)10)13-14-12/h3-4,41-42H,1-2H2;(H,15,16). The van der Waals surface area contributed by atoms with E-state index < -0.39 is 321 Å². The molecule has 0 radical (unpaired) electrons. The zero-order chi connectivity index (χ0) is 89.2. The molecular weight excluding hydrogens is 1710 g/mol. The van der Waals surface area contributed by atoms with Gasteiger partial charge in [0.05, 0.1) is 0 Å². The van der Waals surface area contributed by atoms with Gasteiger partial charge in [-0.3, -0.25) is 0 Å². The highest BCUT2D eigenvalue weighted by atomic mass is 19.2. The number of carboxylic acid groups (broad SMARTS) is 1. The molecule has 0 aliphatic carbocycles. The maximum absolute atomic E-state index is 16.0. The first-order valence-corrected chi connectivity index (χ1v) is 28.1. The van der Waals surface area contributed by atoms with E-state index in [1.807, 2.05) is 4.91 Å². The second-order valence-electron chi connectivity index (χ2n) is 20.3. The van der Waals surface area contributed by atoms with Crippen molar-refractivity contribution in [1.82, 2.24) is 0 Å². The number of halogens is 28. The lowest BCUT2D eigenvalue weighted by Gasteiger charge is -2.36. The lowest BCUT2D eigenvalue weighted by molar-refractivity contribution is -0.139. The first kappa shape index (κ1) is 90.9. The van der Waals surface area contributed by atoms with Gasteiger partial charge in [0.2, 0.25) is 0 Å². The molecule has 0 aromatic heterocycles. The summed E-state index contributed by atoms with van der Waals surface area (Å²) in [5.41, 5.74) is 23.8. The number of carboxylic acids is 1. The second-order valence-corrected chi connectivity index (χ2v) is 20.3. The summed E-state index contributed by atoms with van der Waals surface area (Å²) in [6.07, 6.45) is -18.5. The summed E-state index contributed by atoms with van der Waals surface area (Å²) >= 11 is 0. The van der Waals surface area contributed by atoms with E-state index in [9.17, 15) is 51.1 Å².